The van der Waals surface area contributed by atoms with Gasteiger partial charge in [0.25, 0.3) is 0 Å². The molecule has 28 heavy (non-hydrogen) atoms. The van der Waals surface area contributed by atoms with Gasteiger partial charge in [-0.05, 0) is 70.6 Å². The number of carbonyl (C=O) groups is 2. The molecule has 1 heterocycles. The number of hydrogen-bond acceptors (Lipinski definition) is 3. The molecule has 6 heteroatoms. The van der Waals surface area contributed by atoms with Crippen molar-refractivity contribution in [3.05, 3.63) is 63.8 Å². The first-order valence-electron chi connectivity index (χ1n) is 9.31. The predicted octanol–water partition coefficient (Wildman–Crippen LogP) is 4.32. The van der Waals surface area contributed by atoms with Gasteiger partial charge >= 0.3 is 0 Å². The quantitative estimate of drug-likeness (QED) is 0.642. The molecule has 0 saturated carbocycles. The van der Waals surface area contributed by atoms with E-state index in [4.69, 9.17) is 4.42 Å². The number of halogens is 1. The topological polar surface area (TPSA) is 62.6 Å². The fourth-order valence-electron chi connectivity index (χ4n) is 3.64. The van der Waals surface area contributed by atoms with E-state index in [0.717, 1.165) is 33.8 Å². The van der Waals surface area contributed by atoms with E-state index in [0.29, 0.717) is 5.69 Å². The van der Waals surface area contributed by atoms with Crippen LogP contribution in [0.15, 0.2) is 51.6 Å². The maximum Gasteiger partial charge on any atom is 0.244 e. The van der Waals surface area contributed by atoms with E-state index >= 15 is 0 Å². The highest BCUT2D eigenvalue weighted by Gasteiger charge is 2.19. The third kappa shape index (κ3) is 3.83. The summed E-state index contributed by atoms with van der Waals surface area (Å²) in [4.78, 5) is 26.4. The predicted molar refractivity (Wildman–Crippen MR) is 112 cm³/mol. The summed E-state index contributed by atoms with van der Waals surface area (Å²) in [6.07, 6.45) is 5.22. The molecular formula is C22H21BrN2O3. The van der Waals surface area contributed by atoms with E-state index < -0.39 is 0 Å². The third-order valence-corrected chi connectivity index (χ3v) is 5.86. The minimum atomic E-state index is -0.238. The van der Waals surface area contributed by atoms with Crippen LogP contribution in [0.3, 0.4) is 0 Å². The molecule has 1 aliphatic rings. The SMILES string of the molecule is CN(CC(=O)Nc1ccccc1Br)C(=O)Cc1coc2cc3c(cc12)CCC3. The summed E-state index contributed by atoms with van der Waals surface area (Å²) >= 11 is 3.40. The average Bonchev–Trinajstić information content (AvgIpc) is 3.28. The molecule has 5 nitrogen and oxygen atoms in total. The monoisotopic (exact) mass is 440 g/mol. The van der Waals surface area contributed by atoms with Gasteiger partial charge in [0, 0.05) is 22.5 Å². The lowest BCUT2D eigenvalue weighted by Gasteiger charge is -2.17. The molecule has 0 spiro atoms. The Bertz CT molecular complexity index is 1060. The Labute approximate surface area is 171 Å². The van der Waals surface area contributed by atoms with Crippen LogP contribution in [0.2, 0.25) is 0 Å². The van der Waals surface area contributed by atoms with Gasteiger partial charge < -0.3 is 14.6 Å². The van der Waals surface area contributed by atoms with Gasteiger partial charge in [-0.2, -0.15) is 0 Å². The van der Waals surface area contributed by atoms with Gasteiger partial charge in [-0.3, -0.25) is 9.59 Å². The van der Waals surface area contributed by atoms with Crippen molar-refractivity contribution in [2.75, 3.05) is 18.9 Å². The van der Waals surface area contributed by atoms with Gasteiger partial charge in [-0.25, -0.2) is 0 Å². The number of carbonyl (C=O) groups excluding carboxylic acids is 2. The first-order chi connectivity index (χ1) is 13.5. The number of para-hydroxylation sites is 1. The highest BCUT2D eigenvalue weighted by Crippen LogP contribution is 2.30. The standard InChI is InChI=1S/C22H21BrN2O3/c1-25(12-21(26)24-19-8-3-2-7-18(19)23)22(27)11-16-13-28-20-10-15-6-4-5-14(15)9-17(16)20/h2-3,7-10,13H,4-6,11-12H2,1H3,(H,24,26). The van der Waals surface area contributed by atoms with E-state index in [1.165, 1.54) is 22.4 Å². The summed E-state index contributed by atoms with van der Waals surface area (Å²) < 4.78 is 6.47. The maximum atomic E-state index is 12.6. The zero-order valence-corrected chi connectivity index (χ0v) is 17.2. The number of amides is 2. The van der Waals surface area contributed by atoms with E-state index in [1.54, 1.807) is 19.4 Å². The fourth-order valence-corrected chi connectivity index (χ4v) is 4.02. The van der Waals surface area contributed by atoms with Crippen LogP contribution < -0.4 is 5.32 Å². The molecule has 2 aromatic carbocycles. The molecule has 144 valence electrons. The van der Waals surface area contributed by atoms with E-state index in [2.05, 4.69) is 33.4 Å². The Hall–Kier alpha value is -2.60. The van der Waals surface area contributed by atoms with Crippen molar-refractivity contribution in [2.45, 2.75) is 25.7 Å². The van der Waals surface area contributed by atoms with Crippen molar-refractivity contribution in [1.82, 2.24) is 4.90 Å². The van der Waals surface area contributed by atoms with Crippen molar-refractivity contribution in [1.29, 1.82) is 0 Å². The lowest BCUT2D eigenvalue weighted by molar-refractivity contribution is -0.132. The molecule has 0 bridgehead atoms. The van der Waals surface area contributed by atoms with Gasteiger partial charge in [-0.15, -0.1) is 0 Å². The smallest absolute Gasteiger partial charge is 0.244 e. The molecule has 0 fully saturated rings. The molecule has 0 saturated heterocycles. The van der Waals surface area contributed by atoms with Crippen molar-refractivity contribution in [2.24, 2.45) is 0 Å². The molecule has 1 N–H and O–H groups in total. The number of benzene rings is 2. The summed E-state index contributed by atoms with van der Waals surface area (Å²) in [5, 5.41) is 3.81. The number of hydrogen-bond donors (Lipinski definition) is 1. The minimum absolute atomic E-state index is 0.00858. The Kier molecular flexibility index (Phi) is 5.22. The second kappa shape index (κ2) is 7.80. The molecule has 0 aliphatic heterocycles. The molecule has 2 amide bonds. The minimum Gasteiger partial charge on any atom is -0.464 e. The Morgan fingerprint density at radius 2 is 1.93 bits per heavy atom. The van der Waals surface area contributed by atoms with E-state index in [9.17, 15) is 9.59 Å². The Morgan fingerprint density at radius 1 is 1.18 bits per heavy atom. The zero-order valence-electron chi connectivity index (χ0n) is 15.6. The Balaban J connectivity index is 1.41. The first kappa shape index (κ1) is 18.7. The van der Waals surface area contributed by atoms with Crippen LogP contribution in [0, 0.1) is 0 Å². The Morgan fingerprint density at radius 3 is 2.71 bits per heavy atom. The second-order valence-corrected chi connectivity index (χ2v) is 8.04. The molecule has 1 aromatic heterocycles. The van der Waals surface area contributed by atoms with Gasteiger partial charge in [0.15, 0.2) is 0 Å². The summed E-state index contributed by atoms with van der Waals surface area (Å²) in [6, 6.07) is 11.6. The van der Waals surface area contributed by atoms with Crippen molar-refractivity contribution in [3.63, 3.8) is 0 Å². The molecule has 0 atom stereocenters. The van der Waals surface area contributed by atoms with Crippen LogP contribution in [-0.2, 0) is 28.9 Å². The number of aryl methyl sites for hydroxylation is 2. The number of rotatable bonds is 5. The highest BCUT2D eigenvalue weighted by atomic mass is 79.9. The summed E-state index contributed by atoms with van der Waals surface area (Å²) in [6.45, 7) is -0.00858. The zero-order chi connectivity index (χ0) is 19.7. The van der Waals surface area contributed by atoms with Crippen LogP contribution in [0.25, 0.3) is 11.0 Å². The molecule has 4 rings (SSSR count). The summed E-state index contributed by atoms with van der Waals surface area (Å²) in [7, 11) is 1.64. The number of furan rings is 1. The summed E-state index contributed by atoms with van der Waals surface area (Å²) in [5.74, 6) is -0.358. The fraction of sp³-hybridized carbons (Fsp3) is 0.273. The highest BCUT2D eigenvalue weighted by molar-refractivity contribution is 9.10. The van der Waals surface area contributed by atoms with E-state index in [1.807, 2.05) is 18.2 Å². The maximum absolute atomic E-state index is 12.6. The van der Waals surface area contributed by atoms with Gasteiger partial charge in [0.1, 0.15) is 5.58 Å². The number of fused-ring (bicyclic) bond motifs is 2. The van der Waals surface area contributed by atoms with Crippen LogP contribution in [0.1, 0.15) is 23.1 Å². The normalized spacial score (nSPS) is 12.8. The van der Waals surface area contributed by atoms with Gasteiger partial charge in [0.2, 0.25) is 11.8 Å². The number of likely N-dealkylation sites (N-methyl/N-ethyl adjacent to an activating group) is 1. The summed E-state index contributed by atoms with van der Waals surface area (Å²) in [5.41, 5.74) is 5.08. The van der Waals surface area contributed by atoms with Crippen LogP contribution >= 0.6 is 15.9 Å². The number of anilines is 1. The molecular weight excluding hydrogens is 420 g/mol. The number of nitrogens with one attached hydrogen (secondary N) is 1. The average molecular weight is 441 g/mol. The third-order valence-electron chi connectivity index (χ3n) is 5.16. The van der Waals surface area contributed by atoms with Gasteiger partial charge in [-0.1, -0.05) is 12.1 Å². The van der Waals surface area contributed by atoms with Crippen LogP contribution in [-0.4, -0.2) is 30.3 Å². The molecule has 0 radical (unpaired) electrons. The molecule has 1 aliphatic carbocycles. The first-order valence-corrected chi connectivity index (χ1v) is 10.1. The van der Waals surface area contributed by atoms with E-state index in [-0.39, 0.29) is 24.8 Å². The number of nitrogens with zero attached hydrogens (tertiary/aromatic N) is 1. The van der Waals surface area contributed by atoms with Gasteiger partial charge in [0.05, 0.1) is 24.9 Å². The van der Waals surface area contributed by atoms with Crippen molar-refractivity contribution >= 4 is 44.4 Å². The van der Waals surface area contributed by atoms with Crippen molar-refractivity contribution < 1.29 is 14.0 Å². The van der Waals surface area contributed by atoms with Crippen molar-refractivity contribution in [3.8, 4) is 0 Å². The lowest BCUT2D eigenvalue weighted by atomic mass is 10.0. The largest absolute Gasteiger partial charge is 0.464 e. The molecule has 0 unspecified atom stereocenters. The lowest BCUT2D eigenvalue weighted by Crippen LogP contribution is -2.35. The molecule has 3 aromatic rings. The second-order valence-electron chi connectivity index (χ2n) is 7.19. The van der Waals surface area contributed by atoms with Crippen LogP contribution in [0.5, 0.6) is 0 Å². The van der Waals surface area contributed by atoms with Crippen LogP contribution in [0.4, 0.5) is 5.69 Å².